The second kappa shape index (κ2) is 4.47. The van der Waals surface area contributed by atoms with Gasteiger partial charge in [-0.1, -0.05) is 6.92 Å². The first-order valence-corrected chi connectivity index (χ1v) is 6.41. The fourth-order valence-electron chi connectivity index (χ4n) is 2.10. The zero-order valence-corrected chi connectivity index (χ0v) is 10.7. The van der Waals surface area contributed by atoms with Crippen LogP contribution in [0.4, 0.5) is 0 Å². The molecule has 0 radical (unpaired) electrons. The molecule has 4 heteroatoms. The zero-order valence-electron chi connectivity index (χ0n) is 9.90. The lowest BCUT2D eigenvalue weighted by Crippen LogP contribution is -2.25. The zero-order chi connectivity index (χ0) is 11.7. The number of hydrogen-bond acceptors (Lipinski definition) is 4. The fourth-order valence-corrected chi connectivity index (χ4v) is 2.96. The number of nitrogens with zero attached hydrogens (tertiary/aromatic N) is 2. The second-order valence-electron chi connectivity index (χ2n) is 4.21. The molecule has 0 spiro atoms. The maximum atomic E-state index is 6.02. The first-order chi connectivity index (χ1) is 7.63. The van der Waals surface area contributed by atoms with Gasteiger partial charge in [-0.2, -0.15) is 0 Å². The molecule has 86 valence electrons. The van der Waals surface area contributed by atoms with E-state index >= 15 is 0 Å². The second-order valence-corrected chi connectivity index (χ2v) is 5.44. The summed E-state index contributed by atoms with van der Waals surface area (Å²) >= 11 is 1.71. The number of thiophene rings is 1. The predicted octanol–water partition coefficient (Wildman–Crippen LogP) is 2.84. The monoisotopic (exact) mass is 235 g/mol. The number of nitrogens with two attached hydrogens (primary N) is 1. The summed E-state index contributed by atoms with van der Waals surface area (Å²) in [7, 11) is 0. The Labute approximate surface area is 99.7 Å². The normalized spacial score (nSPS) is 15.2. The quantitative estimate of drug-likeness (QED) is 0.890. The number of fused-ring (bicyclic) bond motifs is 1. The fraction of sp³-hybridized carbons (Fsp3) is 0.500. The minimum absolute atomic E-state index is 0.128. The molecule has 0 aliphatic rings. The van der Waals surface area contributed by atoms with Crippen LogP contribution in [-0.4, -0.2) is 16.0 Å². The average molecular weight is 235 g/mol. The summed E-state index contributed by atoms with van der Waals surface area (Å²) in [5.74, 6) is 0.319. The van der Waals surface area contributed by atoms with E-state index in [9.17, 15) is 0 Å². The van der Waals surface area contributed by atoms with E-state index in [0.717, 1.165) is 16.9 Å². The van der Waals surface area contributed by atoms with Gasteiger partial charge in [0.2, 0.25) is 0 Å². The van der Waals surface area contributed by atoms with Crippen molar-refractivity contribution in [3.05, 3.63) is 23.0 Å². The van der Waals surface area contributed by atoms with Gasteiger partial charge in [0, 0.05) is 22.2 Å². The highest BCUT2D eigenvalue weighted by molar-refractivity contribution is 7.18. The lowest BCUT2D eigenvalue weighted by atomic mass is 9.93. The smallest absolute Gasteiger partial charge is 0.127 e. The van der Waals surface area contributed by atoms with Gasteiger partial charge in [-0.25, -0.2) is 9.97 Å². The van der Waals surface area contributed by atoms with Crippen molar-refractivity contribution in [2.24, 2.45) is 5.73 Å². The van der Waals surface area contributed by atoms with E-state index in [1.54, 1.807) is 17.7 Å². The third-order valence-electron chi connectivity index (χ3n) is 2.91. The first kappa shape index (κ1) is 11.5. The van der Waals surface area contributed by atoms with Crippen molar-refractivity contribution in [3.8, 4) is 0 Å². The van der Waals surface area contributed by atoms with Crippen LogP contribution >= 0.6 is 11.3 Å². The Balaban J connectivity index is 2.58. The standard InChI is InChI=1S/C12H17N3S/c1-4-9(8(3)13)11-10-5-7(2)16-12(10)15-6-14-11/h5-6,8-9H,4,13H2,1-3H3. The van der Waals surface area contributed by atoms with Crippen LogP contribution in [0.25, 0.3) is 10.2 Å². The molecule has 0 amide bonds. The highest BCUT2D eigenvalue weighted by Gasteiger charge is 2.19. The Morgan fingerprint density at radius 2 is 2.19 bits per heavy atom. The summed E-state index contributed by atoms with van der Waals surface area (Å²) in [6, 6.07) is 2.30. The van der Waals surface area contributed by atoms with Crippen LogP contribution < -0.4 is 5.73 Å². The summed E-state index contributed by atoms with van der Waals surface area (Å²) < 4.78 is 0. The van der Waals surface area contributed by atoms with E-state index in [1.807, 2.05) is 6.92 Å². The van der Waals surface area contributed by atoms with Gasteiger partial charge in [0.1, 0.15) is 11.2 Å². The Morgan fingerprint density at radius 3 is 2.81 bits per heavy atom. The van der Waals surface area contributed by atoms with E-state index in [0.29, 0.717) is 5.92 Å². The molecule has 0 bridgehead atoms. The number of rotatable bonds is 3. The minimum Gasteiger partial charge on any atom is -0.327 e. The molecule has 2 aromatic rings. The summed E-state index contributed by atoms with van der Waals surface area (Å²) in [6.07, 6.45) is 2.66. The molecule has 0 saturated carbocycles. The van der Waals surface area contributed by atoms with E-state index in [2.05, 4.69) is 29.9 Å². The highest BCUT2D eigenvalue weighted by atomic mass is 32.1. The van der Waals surface area contributed by atoms with Crippen LogP contribution in [0.3, 0.4) is 0 Å². The van der Waals surface area contributed by atoms with Crippen LogP contribution in [-0.2, 0) is 0 Å². The Bertz CT molecular complexity index is 490. The van der Waals surface area contributed by atoms with Gasteiger partial charge in [-0.3, -0.25) is 0 Å². The molecule has 0 fully saturated rings. The van der Waals surface area contributed by atoms with Crippen LogP contribution in [0.15, 0.2) is 12.4 Å². The van der Waals surface area contributed by atoms with Gasteiger partial charge in [0.05, 0.1) is 5.69 Å². The molecule has 0 aliphatic carbocycles. The van der Waals surface area contributed by atoms with Crippen molar-refractivity contribution >= 4 is 21.6 Å². The maximum Gasteiger partial charge on any atom is 0.127 e. The molecule has 0 aliphatic heterocycles. The van der Waals surface area contributed by atoms with Gasteiger partial charge in [0.25, 0.3) is 0 Å². The van der Waals surface area contributed by atoms with Crippen molar-refractivity contribution in [1.82, 2.24) is 9.97 Å². The van der Waals surface area contributed by atoms with Crippen LogP contribution in [0.2, 0.25) is 0 Å². The average Bonchev–Trinajstić information content (AvgIpc) is 2.59. The third kappa shape index (κ3) is 1.95. The maximum absolute atomic E-state index is 6.02. The molecule has 2 aromatic heterocycles. The first-order valence-electron chi connectivity index (χ1n) is 5.60. The summed E-state index contributed by atoms with van der Waals surface area (Å²) in [5, 5.41) is 1.18. The molecular weight excluding hydrogens is 218 g/mol. The Hall–Kier alpha value is -1.00. The number of aromatic nitrogens is 2. The van der Waals surface area contributed by atoms with E-state index in [-0.39, 0.29) is 6.04 Å². The van der Waals surface area contributed by atoms with E-state index in [1.165, 1.54) is 10.3 Å². The van der Waals surface area contributed by atoms with Gasteiger partial charge >= 0.3 is 0 Å². The van der Waals surface area contributed by atoms with Gasteiger partial charge in [0.15, 0.2) is 0 Å². The number of hydrogen-bond donors (Lipinski definition) is 1. The lowest BCUT2D eigenvalue weighted by Gasteiger charge is -2.18. The molecule has 2 atom stereocenters. The van der Waals surface area contributed by atoms with Crippen molar-refractivity contribution < 1.29 is 0 Å². The van der Waals surface area contributed by atoms with Gasteiger partial charge in [-0.15, -0.1) is 11.3 Å². The van der Waals surface area contributed by atoms with Crippen molar-refractivity contribution in [1.29, 1.82) is 0 Å². The summed E-state index contributed by atoms with van der Waals surface area (Å²) in [5.41, 5.74) is 7.12. The summed E-state index contributed by atoms with van der Waals surface area (Å²) in [6.45, 7) is 6.30. The van der Waals surface area contributed by atoms with Gasteiger partial charge < -0.3 is 5.73 Å². The molecule has 2 N–H and O–H groups in total. The molecule has 2 heterocycles. The highest BCUT2D eigenvalue weighted by Crippen LogP contribution is 2.31. The topological polar surface area (TPSA) is 51.8 Å². The van der Waals surface area contributed by atoms with Crippen LogP contribution in [0.5, 0.6) is 0 Å². The predicted molar refractivity (Wildman–Crippen MR) is 68.8 cm³/mol. The summed E-state index contributed by atoms with van der Waals surface area (Å²) in [4.78, 5) is 11.1. The third-order valence-corrected chi connectivity index (χ3v) is 3.87. The molecule has 16 heavy (non-hydrogen) atoms. The van der Waals surface area contributed by atoms with Crippen LogP contribution in [0.1, 0.15) is 36.8 Å². The molecule has 0 saturated heterocycles. The SMILES string of the molecule is CCC(c1ncnc2sc(C)cc12)C(C)N. The van der Waals surface area contributed by atoms with E-state index < -0.39 is 0 Å². The number of aryl methyl sites for hydroxylation is 1. The van der Waals surface area contributed by atoms with Crippen molar-refractivity contribution in [2.45, 2.75) is 39.2 Å². The molecule has 2 unspecified atom stereocenters. The molecule has 3 nitrogen and oxygen atoms in total. The largest absolute Gasteiger partial charge is 0.327 e. The molecule has 2 rings (SSSR count). The van der Waals surface area contributed by atoms with Crippen LogP contribution in [0, 0.1) is 6.92 Å². The van der Waals surface area contributed by atoms with Gasteiger partial charge in [-0.05, 0) is 26.3 Å². The lowest BCUT2D eigenvalue weighted by molar-refractivity contribution is 0.543. The molecular formula is C12H17N3S. The van der Waals surface area contributed by atoms with E-state index in [4.69, 9.17) is 5.73 Å². The molecule has 0 aromatic carbocycles. The van der Waals surface area contributed by atoms with Crippen molar-refractivity contribution in [2.75, 3.05) is 0 Å². The minimum atomic E-state index is 0.128. The Kier molecular flexibility index (Phi) is 3.21. The Morgan fingerprint density at radius 1 is 1.44 bits per heavy atom. The van der Waals surface area contributed by atoms with Crippen molar-refractivity contribution in [3.63, 3.8) is 0 Å².